The number of rotatable bonds is 3. The van der Waals surface area contributed by atoms with Crippen LogP contribution in [0.1, 0.15) is 16.7 Å². The van der Waals surface area contributed by atoms with Gasteiger partial charge in [0.05, 0.1) is 0 Å². The number of aryl methyl sites for hydroxylation is 2. The minimum absolute atomic E-state index is 0.262. The van der Waals surface area contributed by atoms with Crippen molar-refractivity contribution in [2.75, 3.05) is 10.6 Å². The van der Waals surface area contributed by atoms with E-state index in [4.69, 9.17) is 5.73 Å². The fourth-order valence-electron chi connectivity index (χ4n) is 1.89. The van der Waals surface area contributed by atoms with Gasteiger partial charge in [-0.05, 0) is 54.8 Å². The molecule has 0 fully saturated rings. The lowest BCUT2D eigenvalue weighted by molar-refractivity contribution is 0.262. The molecular weight excluding hydrogens is 250 g/mol. The van der Waals surface area contributed by atoms with E-state index in [1.54, 1.807) is 0 Å². The van der Waals surface area contributed by atoms with E-state index in [0.29, 0.717) is 6.54 Å². The van der Waals surface area contributed by atoms with Crippen LogP contribution in [-0.2, 0) is 6.54 Å². The fourth-order valence-corrected chi connectivity index (χ4v) is 1.89. The van der Waals surface area contributed by atoms with Crippen LogP contribution in [0.25, 0.3) is 0 Å². The van der Waals surface area contributed by atoms with E-state index in [2.05, 4.69) is 10.6 Å². The molecule has 0 aliphatic carbocycles. The van der Waals surface area contributed by atoms with Crippen LogP contribution < -0.4 is 16.4 Å². The highest BCUT2D eigenvalue weighted by molar-refractivity contribution is 5.99. The second kappa shape index (κ2) is 6.21. The molecule has 0 unspecified atom stereocenters. The van der Waals surface area contributed by atoms with Gasteiger partial charge in [-0.15, -0.1) is 0 Å². The van der Waals surface area contributed by atoms with Gasteiger partial charge in [-0.1, -0.05) is 18.2 Å². The second-order valence-corrected chi connectivity index (χ2v) is 4.78. The largest absolute Gasteiger partial charge is 0.326 e. The van der Waals surface area contributed by atoms with E-state index < -0.39 is 0 Å². The molecular formula is C16H19N3O. The molecule has 0 saturated heterocycles. The molecule has 0 aromatic heterocycles. The minimum Gasteiger partial charge on any atom is -0.326 e. The third-order valence-corrected chi connectivity index (χ3v) is 3.19. The van der Waals surface area contributed by atoms with Gasteiger partial charge < -0.3 is 16.4 Å². The molecule has 4 heteroatoms. The summed E-state index contributed by atoms with van der Waals surface area (Å²) in [4.78, 5) is 11.9. The maximum absolute atomic E-state index is 11.9. The van der Waals surface area contributed by atoms with Crippen molar-refractivity contribution < 1.29 is 4.79 Å². The average Bonchev–Trinajstić information content (AvgIpc) is 2.43. The number of nitrogens with two attached hydrogens (primary N) is 1. The Hall–Kier alpha value is -2.33. The molecule has 0 heterocycles. The van der Waals surface area contributed by atoms with Crippen molar-refractivity contribution in [1.82, 2.24) is 0 Å². The summed E-state index contributed by atoms with van der Waals surface area (Å²) in [5.74, 6) is 0. The number of urea groups is 1. The summed E-state index contributed by atoms with van der Waals surface area (Å²) in [5.41, 5.74) is 10.4. The van der Waals surface area contributed by atoms with Crippen molar-refractivity contribution in [3.63, 3.8) is 0 Å². The van der Waals surface area contributed by atoms with Gasteiger partial charge in [0, 0.05) is 17.9 Å². The average molecular weight is 269 g/mol. The number of amides is 2. The zero-order valence-corrected chi connectivity index (χ0v) is 11.7. The third-order valence-electron chi connectivity index (χ3n) is 3.19. The number of nitrogens with one attached hydrogen (secondary N) is 2. The van der Waals surface area contributed by atoms with Gasteiger partial charge in [0.15, 0.2) is 0 Å². The molecule has 0 spiro atoms. The van der Waals surface area contributed by atoms with Gasteiger partial charge in [-0.3, -0.25) is 0 Å². The van der Waals surface area contributed by atoms with E-state index >= 15 is 0 Å². The first-order valence-electron chi connectivity index (χ1n) is 6.53. The summed E-state index contributed by atoms with van der Waals surface area (Å²) in [6.07, 6.45) is 0. The lowest BCUT2D eigenvalue weighted by Gasteiger charge is -2.10. The van der Waals surface area contributed by atoms with Gasteiger partial charge in [-0.25, -0.2) is 4.79 Å². The predicted octanol–water partition coefficient (Wildman–Crippen LogP) is 3.41. The van der Waals surface area contributed by atoms with Crippen LogP contribution >= 0.6 is 0 Å². The first-order valence-corrected chi connectivity index (χ1v) is 6.53. The number of carbonyl (C=O) groups excluding carboxylic acids is 1. The van der Waals surface area contributed by atoms with Crippen LogP contribution in [0.15, 0.2) is 42.5 Å². The van der Waals surface area contributed by atoms with Gasteiger partial charge in [0.25, 0.3) is 0 Å². The Kier molecular flexibility index (Phi) is 4.38. The molecule has 0 atom stereocenters. The highest BCUT2D eigenvalue weighted by Crippen LogP contribution is 2.15. The maximum atomic E-state index is 11.9. The Labute approximate surface area is 119 Å². The van der Waals surface area contributed by atoms with Crippen LogP contribution in [0.2, 0.25) is 0 Å². The summed E-state index contributed by atoms with van der Waals surface area (Å²) < 4.78 is 0. The molecule has 4 nitrogen and oxygen atoms in total. The molecule has 2 amide bonds. The number of hydrogen-bond acceptors (Lipinski definition) is 2. The molecule has 4 N–H and O–H groups in total. The molecule has 2 aromatic carbocycles. The van der Waals surface area contributed by atoms with Crippen molar-refractivity contribution in [3.8, 4) is 0 Å². The first-order chi connectivity index (χ1) is 9.58. The fraction of sp³-hybridized carbons (Fsp3) is 0.188. The smallest absolute Gasteiger partial charge is 0.323 e. The molecule has 0 bridgehead atoms. The lowest BCUT2D eigenvalue weighted by atomic mass is 10.1. The summed E-state index contributed by atoms with van der Waals surface area (Å²) in [5, 5.41) is 5.61. The third kappa shape index (κ3) is 3.59. The van der Waals surface area contributed by atoms with Gasteiger partial charge in [0.2, 0.25) is 0 Å². The zero-order valence-electron chi connectivity index (χ0n) is 11.7. The zero-order chi connectivity index (χ0) is 14.5. The van der Waals surface area contributed by atoms with E-state index in [9.17, 15) is 4.79 Å². The van der Waals surface area contributed by atoms with Crippen molar-refractivity contribution in [3.05, 3.63) is 59.2 Å². The normalized spacial score (nSPS) is 10.2. The van der Waals surface area contributed by atoms with Crippen molar-refractivity contribution >= 4 is 17.4 Å². The lowest BCUT2D eigenvalue weighted by Crippen LogP contribution is -2.19. The Balaban J connectivity index is 2.03. The quantitative estimate of drug-likeness (QED) is 0.799. The number of anilines is 2. The molecule has 20 heavy (non-hydrogen) atoms. The molecule has 0 saturated carbocycles. The Morgan fingerprint density at radius 1 is 1.00 bits per heavy atom. The van der Waals surface area contributed by atoms with Crippen LogP contribution in [0, 0.1) is 13.8 Å². The second-order valence-electron chi connectivity index (χ2n) is 4.78. The minimum atomic E-state index is -0.262. The molecule has 0 radical (unpaired) electrons. The SMILES string of the molecule is Cc1ccc(NC(=O)Nc2cccc(CN)c2)cc1C. The van der Waals surface area contributed by atoms with E-state index in [1.165, 1.54) is 5.56 Å². The van der Waals surface area contributed by atoms with Crippen molar-refractivity contribution in [2.45, 2.75) is 20.4 Å². The van der Waals surface area contributed by atoms with Crippen molar-refractivity contribution in [1.29, 1.82) is 0 Å². The first kappa shape index (κ1) is 14.1. The van der Waals surface area contributed by atoms with Gasteiger partial charge in [-0.2, -0.15) is 0 Å². The number of benzene rings is 2. The molecule has 0 aliphatic heterocycles. The summed E-state index contributed by atoms with van der Waals surface area (Å²) in [6.45, 7) is 4.51. The molecule has 104 valence electrons. The Bertz CT molecular complexity index is 623. The van der Waals surface area contributed by atoms with E-state index in [0.717, 1.165) is 22.5 Å². The molecule has 2 rings (SSSR count). The Morgan fingerprint density at radius 3 is 2.35 bits per heavy atom. The number of carbonyl (C=O) groups is 1. The van der Waals surface area contributed by atoms with Gasteiger partial charge in [0.1, 0.15) is 0 Å². The Morgan fingerprint density at radius 2 is 1.70 bits per heavy atom. The highest BCUT2D eigenvalue weighted by atomic mass is 16.2. The summed E-state index contributed by atoms with van der Waals surface area (Å²) in [6, 6.07) is 13.0. The highest BCUT2D eigenvalue weighted by Gasteiger charge is 2.04. The number of hydrogen-bond donors (Lipinski definition) is 3. The maximum Gasteiger partial charge on any atom is 0.323 e. The molecule has 2 aromatic rings. The standard InChI is InChI=1S/C16H19N3O/c1-11-6-7-15(8-12(11)2)19-16(20)18-14-5-3-4-13(9-14)10-17/h3-9H,10,17H2,1-2H3,(H2,18,19,20). The monoisotopic (exact) mass is 269 g/mol. The van der Waals surface area contributed by atoms with Crippen LogP contribution in [0.4, 0.5) is 16.2 Å². The van der Waals surface area contributed by atoms with E-state index in [-0.39, 0.29) is 6.03 Å². The van der Waals surface area contributed by atoms with Crippen LogP contribution in [-0.4, -0.2) is 6.03 Å². The van der Waals surface area contributed by atoms with Crippen molar-refractivity contribution in [2.24, 2.45) is 5.73 Å². The summed E-state index contributed by atoms with van der Waals surface area (Å²) >= 11 is 0. The topological polar surface area (TPSA) is 67.2 Å². The molecule has 0 aliphatic rings. The van der Waals surface area contributed by atoms with Crippen LogP contribution in [0.3, 0.4) is 0 Å². The van der Waals surface area contributed by atoms with Crippen LogP contribution in [0.5, 0.6) is 0 Å². The summed E-state index contributed by atoms with van der Waals surface area (Å²) in [7, 11) is 0. The van der Waals surface area contributed by atoms with Gasteiger partial charge >= 0.3 is 6.03 Å². The predicted molar refractivity (Wildman–Crippen MR) is 82.9 cm³/mol. The van der Waals surface area contributed by atoms with E-state index in [1.807, 2.05) is 56.3 Å².